The standard InChI is InChI=1S/C80H136O44/c1-28(11-12-41(75(4,5)108)118-73-65(124-69-54(102)47(95)44(92)32(22-83)111-69)59(107)64(37(27-88)116-73)123-72-58(106)51(99)62(35(25-86)115-72)120-68-53(101)46(94)43(91)31(21-82)110-68)29-13-17-78(8)77(29,7)19-39(89)80(10)76(6)16-15-40(74(2,3)38(76)14-18-79(78,80)9)117-66-55(103)48(96)60(33(23-84)112-66)121-70-57(105)50(98)63(36(26-87)114-70)122-71-56(104)49(97)61(34(24-85)113-71)119-67-52(100)45(93)42(90)30(20-81)109-67/h14,28-37,39-73,81-108H,11-13,15-27H2,1-10H3/t28-,29?,30-,31-,32-,33-,34-,35-,36-,37-,39?,40+,41-,42-,43-,44-,45+,46+,47+,48-,49-,50-,51-,52-,53-,54-,55-,56-,57-,58-,59+,60-,61-,62-,63-,64-,65-,66?,67?,68?,69?,70?,71?,72?,73?,76-,77-,78-,79+,80+/m1/s1. The van der Waals surface area contributed by atoms with Gasteiger partial charge in [-0.2, -0.15) is 0 Å². The molecule has 8 heterocycles. The number of fused-ring (bicyclic) bond motifs is 5. The summed E-state index contributed by atoms with van der Waals surface area (Å²) in [5.74, 6) is -0.218. The normalized spacial score (nSPS) is 53.0. The molecular weight excluding hydrogens is 1660 g/mol. The fraction of sp³-hybridized carbons (Fsp3) is 0.975. The summed E-state index contributed by atoms with van der Waals surface area (Å²) >= 11 is 0. The maximum absolute atomic E-state index is 13.4. The Labute approximate surface area is 715 Å². The van der Waals surface area contributed by atoms with Gasteiger partial charge in [0.2, 0.25) is 0 Å². The molecule has 44 heteroatoms. The molecule has 0 bridgehead atoms. The highest BCUT2D eigenvalue weighted by atomic mass is 16.8. The van der Waals surface area contributed by atoms with Crippen molar-refractivity contribution in [3.05, 3.63) is 11.6 Å². The number of allylic oxidation sites excluding steroid dienone is 1. The van der Waals surface area contributed by atoms with Gasteiger partial charge in [0.05, 0.1) is 76.8 Å². The fourth-order valence-electron chi connectivity index (χ4n) is 22.8. The Kier molecular flexibility index (Phi) is 31.9. The minimum absolute atomic E-state index is 0.0611. The van der Waals surface area contributed by atoms with E-state index >= 15 is 0 Å². The maximum atomic E-state index is 13.4. The molecule has 3 saturated carbocycles. The summed E-state index contributed by atoms with van der Waals surface area (Å²) in [6, 6.07) is 0. The topological polar surface area (TPSA) is 714 Å². The zero-order valence-electron chi connectivity index (χ0n) is 70.9. The molecule has 11 fully saturated rings. The van der Waals surface area contributed by atoms with Gasteiger partial charge in [0.25, 0.3) is 0 Å². The minimum Gasteiger partial charge on any atom is -0.394 e. The van der Waals surface area contributed by atoms with Crippen LogP contribution in [0.4, 0.5) is 0 Å². The van der Waals surface area contributed by atoms with E-state index in [4.69, 9.17) is 75.8 Å². The summed E-state index contributed by atoms with van der Waals surface area (Å²) in [6.07, 6.45) is -71.5. The van der Waals surface area contributed by atoms with Crippen molar-refractivity contribution >= 4 is 0 Å². The molecule has 28 N–H and O–H groups in total. The number of aliphatic hydroxyl groups excluding tert-OH is 27. The van der Waals surface area contributed by atoms with Crippen molar-refractivity contribution in [1.82, 2.24) is 0 Å². The lowest BCUT2D eigenvalue weighted by molar-refractivity contribution is -0.399. The largest absolute Gasteiger partial charge is 0.394 e. The zero-order valence-corrected chi connectivity index (χ0v) is 70.9. The van der Waals surface area contributed by atoms with Gasteiger partial charge in [-0.15, -0.1) is 0 Å². The highest BCUT2D eigenvalue weighted by molar-refractivity contribution is 5.39. The molecule has 0 aromatic rings. The maximum Gasteiger partial charge on any atom is 0.187 e. The quantitative estimate of drug-likeness (QED) is 0.0309. The van der Waals surface area contributed by atoms with Gasteiger partial charge in [0.15, 0.2) is 50.3 Å². The van der Waals surface area contributed by atoms with E-state index in [-0.39, 0.29) is 18.3 Å². The van der Waals surface area contributed by atoms with Gasteiger partial charge in [-0.3, -0.25) is 0 Å². The molecule has 44 nitrogen and oxygen atoms in total. The number of rotatable bonds is 29. The molecule has 124 heavy (non-hydrogen) atoms. The third kappa shape index (κ3) is 17.7. The first-order valence-corrected chi connectivity index (χ1v) is 42.9. The molecule has 8 aliphatic heterocycles. The third-order valence-corrected chi connectivity index (χ3v) is 30.9. The van der Waals surface area contributed by atoms with E-state index in [0.29, 0.717) is 32.1 Å². The van der Waals surface area contributed by atoms with Crippen molar-refractivity contribution in [3.8, 4) is 0 Å². The van der Waals surface area contributed by atoms with Crippen molar-refractivity contribution < 1.29 is 219 Å². The number of ether oxygens (including phenoxy) is 16. The Bertz CT molecular complexity index is 3450. The van der Waals surface area contributed by atoms with Crippen LogP contribution in [0.5, 0.6) is 0 Å². The summed E-state index contributed by atoms with van der Waals surface area (Å²) in [7, 11) is 0. The van der Waals surface area contributed by atoms with Crippen molar-refractivity contribution in [2.45, 2.75) is 390 Å². The second-order valence-corrected chi connectivity index (χ2v) is 38.3. The van der Waals surface area contributed by atoms with Crippen molar-refractivity contribution in [2.24, 2.45) is 44.3 Å². The molecule has 12 aliphatic rings. The lowest BCUT2D eigenvalue weighted by atomic mass is 9.29. The number of hydrogen-bond acceptors (Lipinski definition) is 44. The smallest absolute Gasteiger partial charge is 0.187 e. The van der Waals surface area contributed by atoms with Crippen LogP contribution < -0.4 is 0 Å². The molecule has 0 amide bonds. The predicted octanol–water partition coefficient (Wildman–Crippen LogP) is -11.2. The van der Waals surface area contributed by atoms with Crippen LogP contribution in [0.3, 0.4) is 0 Å². The second kappa shape index (κ2) is 39.1. The predicted molar refractivity (Wildman–Crippen MR) is 407 cm³/mol. The zero-order chi connectivity index (χ0) is 91.4. The molecule has 0 spiro atoms. The summed E-state index contributed by atoms with van der Waals surface area (Å²) < 4.78 is 95.2. The first kappa shape index (κ1) is 101. The van der Waals surface area contributed by atoms with Gasteiger partial charge in [-0.25, -0.2) is 0 Å². The Morgan fingerprint density at radius 2 is 0.661 bits per heavy atom. The lowest BCUT2D eigenvalue weighted by Crippen LogP contribution is -2.72. The first-order chi connectivity index (χ1) is 58.1. The van der Waals surface area contributed by atoms with Crippen LogP contribution in [-0.4, -0.2) is 465 Å². The van der Waals surface area contributed by atoms with Crippen molar-refractivity contribution in [2.75, 3.05) is 52.9 Å². The summed E-state index contributed by atoms with van der Waals surface area (Å²) in [5, 5.41) is 309. The van der Waals surface area contributed by atoms with Gasteiger partial charge < -0.3 is 219 Å². The van der Waals surface area contributed by atoms with E-state index in [1.165, 1.54) is 13.8 Å². The molecule has 0 aromatic carbocycles. The number of aliphatic hydroxyl groups is 28. The van der Waals surface area contributed by atoms with Crippen LogP contribution in [0.15, 0.2) is 11.6 Å². The summed E-state index contributed by atoms with van der Waals surface area (Å²) in [6.45, 7) is 12.7. The minimum atomic E-state index is -2.17. The monoisotopic (exact) mass is 1800 g/mol. The van der Waals surface area contributed by atoms with E-state index in [2.05, 4.69) is 47.6 Å². The van der Waals surface area contributed by atoms with Gasteiger partial charge in [0.1, 0.15) is 195 Å². The Balaban J connectivity index is 0.698. The second-order valence-electron chi connectivity index (χ2n) is 38.3. The van der Waals surface area contributed by atoms with Crippen LogP contribution in [0, 0.1) is 44.3 Å². The third-order valence-electron chi connectivity index (χ3n) is 30.9. The van der Waals surface area contributed by atoms with Crippen LogP contribution in [0.25, 0.3) is 0 Å². The van der Waals surface area contributed by atoms with Crippen LogP contribution in [0.2, 0.25) is 0 Å². The van der Waals surface area contributed by atoms with E-state index in [0.717, 1.165) is 18.4 Å². The number of hydrogen-bond donors (Lipinski definition) is 28. The van der Waals surface area contributed by atoms with Gasteiger partial charge in [-0.1, -0.05) is 67.0 Å². The van der Waals surface area contributed by atoms with Crippen LogP contribution in [0.1, 0.15) is 121 Å². The fourth-order valence-corrected chi connectivity index (χ4v) is 22.8. The summed E-state index contributed by atoms with van der Waals surface area (Å²) in [5.41, 5.74) is -4.78. The van der Waals surface area contributed by atoms with Crippen LogP contribution in [-0.2, 0) is 75.8 Å². The molecule has 8 saturated heterocycles. The average Bonchev–Trinajstić information content (AvgIpc) is 1.25. The molecule has 50 atom stereocenters. The molecule has 10 unspecified atom stereocenters. The Morgan fingerprint density at radius 1 is 0.355 bits per heavy atom. The van der Waals surface area contributed by atoms with Gasteiger partial charge in [0, 0.05) is 10.8 Å². The molecule has 0 aromatic heterocycles. The molecule has 4 aliphatic carbocycles. The van der Waals surface area contributed by atoms with E-state index in [1.807, 2.05) is 13.8 Å². The molecule has 12 rings (SSSR count). The van der Waals surface area contributed by atoms with Gasteiger partial charge >= 0.3 is 0 Å². The van der Waals surface area contributed by atoms with E-state index in [9.17, 15) is 143 Å². The Hall–Kier alpha value is -2.02. The van der Waals surface area contributed by atoms with E-state index in [1.54, 1.807) is 0 Å². The molecule has 720 valence electrons. The first-order valence-electron chi connectivity index (χ1n) is 42.9. The van der Waals surface area contributed by atoms with E-state index < -0.39 is 355 Å². The SMILES string of the molecule is C[C@H](CC[C@@H](OC1O[C@H](CO)[C@@H](OC2O[C@H](CO)[C@@H](OC3O[C@H](CO)[C@@H](O)[C@H](O)[C@H]3O)[C@H](O)[C@H]2O)[C@H](O)[C@H]1OC1O[C@H](CO)[C@@H](O)[C@H](O)[C@H]1O)C(C)(C)O)C1CC[C@@]2(C)[C@]3(C)CC=C4C(C)(C)[C@@H](OC5O[C@H](CO)[C@@H](OC6O[C@H](CO)[C@@H](OC7O[C@H](CO)[C@@H](OC8O[C@H](CO)[C@@H](O)[C@H](O)[C@H]8O)[C@H](O)[C@H]7O)[C@H](O)[C@H]6O)[C@H](O)[C@H]5O)CC[C@@]4(C)[C@]3(C)C(O)C[C@]12C. The molecule has 0 radical (unpaired) electrons. The van der Waals surface area contributed by atoms with Crippen molar-refractivity contribution in [3.63, 3.8) is 0 Å². The Morgan fingerprint density at radius 3 is 1.00 bits per heavy atom. The lowest BCUT2D eigenvalue weighted by Gasteiger charge is -2.75. The van der Waals surface area contributed by atoms with Crippen molar-refractivity contribution in [1.29, 1.82) is 0 Å². The van der Waals surface area contributed by atoms with Gasteiger partial charge in [-0.05, 0) is 98.7 Å². The highest BCUT2D eigenvalue weighted by Crippen LogP contribution is 2.82. The average molecular weight is 1800 g/mol. The van der Waals surface area contributed by atoms with Crippen LogP contribution >= 0.6 is 0 Å². The summed E-state index contributed by atoms with van der Waals surface area (Å²) in [4.78, 5) is 0. The highest BCUT2D eigenvalue weighted by Gasteiger charge is 2.78. The molecular formula is C80H136O44.